The average molecular weight is 479 g/mol. The van der Waals surface area contributed by atoms with Gasteiger partial charge in [0.1, 0.15) is 5.82 Å². The molecule has 0 aliphatic rings. The minimum Gasteiger partial charge on any atom is -0.336 e. The fourth-order valence-electron chi connectivity index (χ4n) is 2.30. The van der Waals surface area contributed by atoms with Gasteiger partial charge >= 0.3 is 0 Å². The number of thioether (sulfide) groups is 1. The lowest BCUT2D eigenvalue weighted by atomic mass is 10.1. The van der Waals surface area contributed by atoms with Gasteiger partial charge in [0.25, 0.3) is 5.91 Å². The number of nitrogens with one attached hydrogen (secondary N) is 2. The highest BCUT2D eigenvalue weighted by atomic mass is 79.9. The van der Waals surface area contributed by atoms with Crippen LogP contribution in [0.25, 0.3) is 0 Å². The lowest BCUT2D eigenvalue weighted by Gasteiger charge is -2.07. The second kappa shape index (κ2) is 9.52. The molecule has 0 unspecified atom stereocenters. The van der Waals surface area contributed by atoms with Crippen LogP contribution in [0.2, 0.25) is 0 Å². The van der Waals surface area contributed by atoms with E-state index in [1.54, 1.807) is 42.5 Å². The predicted octanol–water partition coefficient (Wildman–Crippen LogP) is 2.04. The van der Waals surface area contributed by atoms with Gasteiger partial charge in [0, 0.05) is 16.5 Å². The van der Waals surface area contributed by atoms with Crippen LogP contribution in [0, 0.1) is 5.82 Å². The molecule has 2 amide bonds. The Labute approximate surface area is 178 Å². The normalized spacial score (nSPS) is 10.6. The third kappa shape index (κ3) is 5.55. The number of nitrogens with two attached hydrogens (primary N) is 1. The van der Waals surface area contributed by atoms with Crippen LogP contribution in [0.1, 0.15) is 21.7 Å². The van der Waals surface area contributed by atoms with E-state index in [-0.39, 0.29) is 18.0 Å². The summed E-state index contributed by atoms with van der Waals surface area (Å²) in [6.07, 6.45) is 0.173. The van der Waals surface area contributed by atoms with Gasteiger partial charge in [0.05, 0.1) is 5.75 Å². The lowest BCUT2D eigenvalue weighted by Crippen LogP contribution is -2.42. The Hall–Kier alpha value is -2.92. The largest absolute Gasteiger partial charge is 0.336 e. The molecule has 1 heterocycles. The summed E-state index contributed by atoms with van der Waals surface area (Å²) in [6, 6.07) is 13.0. The molecule has 3 rings (SSSR count). The highest BCUT2D eigenvalue weighted by Crippen LogP contribution is 2.17. The Bertz CT molecular complexity index is 1030. The van der Waals surface area contributed by atoms with Crippen LogP contribution in [0.15, 0.2) is 58.2 Å². The summed E-state index contributed by atoms with van der Waals surface area (Å²) >= 11 is 4.32. The topological polar surface area (TPSA) is 115 Å². The van der Waals surface area contributed by atoms with Crippen LogP contribution in [0.5, 0.6) is 0 Å². The maximum absolute atomic E-state index is 13.8. The monoisotopic (exact) mass is 478 g/mol. The first-order valence-electron chi connectivity index (χ1n) is 8.34. The molecule has 0 aliphatic heterocycles. The first-order valence-corrected chi connectivity index (χ1v) is 10.1. The van der Waals surface area contributed by atoms with Gasteiger partial charge in [-0.1, -0.05) is 45.9 Å². The van der Waals surface area contributed by atoms with Crippen molar-refractivity contribution in [2.75, 3.05) is 11.6 Å². The van der Waals surface area contributed by atoms with E-state index < -0.39 is 11.8 Å². The van der Waals surface area contributed by atoms with Crippen molar-refractivity contribution >= 4 is 39.5 Å². The van der Waals surface area contributed by atoms with Crippen molar-refractivity contribution < 1.29 is 14.0 Å². The maximum atomic E-state index is 13.8. The number of amides is 2. The molecule has 0 saturated carbocycles. The number of rotatable bonds is 6. The van der Waals surface area contributed by atoms with Crippen LogP contribution in [-0.2, 0) is 11.2 Å². The molecule has 0 atom stereocenters. The van der Waals surface area contributed by atoms with E-state index in [0.29, 0.717) is 22.1 Å². The third-order valence-corrected chi connectivity index (χ3v) is 5.27. The Morgan fingerprint density at radius 1 is 1.10 bits per heavy atom. The second-order valence-electron chi connectivity index (χ2n) is 5.83. The van der Waals surface area contributed by atoms with Crippen molar-refractivity contribution in [1.29, 1.82) is 0 Å². The molecule has 1 aromatic heterocycles. The molecule has 3 aromatic rings. The molecule has 29 heavy (non-hydrogen) atoms. The molecule has 0 aliphatic carbocycles. The van der Waals surface area contributed by atoms with Crippen molar-refractivity contribution in [2.45, 2.75) is 11.6 Å². The zero-order valence-corrected chi connectivity index (χ0v) is 17.3. The Kier molecular flexibility index (Phi) is 6.83. The summed E-state index contributed by atoms with van der Waals surface area (Å²) in [5.74, 6) is 5.02. The summed E-state index contributed by atoms with van der Waals surface area (Å²) in [7, 11) is 0. The van der Waals surface area contributed by atoms with Gasteiger partial charge in [-0.3, -0.25) is 20.4 Å². The molecule has 8 nitrogen and oxygen atoms in total. The number of hydrogen-bond acceptors (Lipinski definition) is 6. The number of hydrogen-bond donors (Lipinski definition) is 3. The Balaban J connectivity index is 1.50. The zero-order chi connectivity index (χ0) is 20.8. The van der Waals surface area contributed by atoms with Crippen molar-refractivity contribution in [3.8, 4) is 0 Å². The molecule has 0 spiro atoms. The van der Waals surface area contributed by atoms with Gasteiger partial charge in [0.2, 0.25) is 11.1 Å². The quantitative estimate of drug-likeness (QED) is 0.283. The number of nitrogen functional groups attached to an aromatic ring is 1. The molecule has 11 heteroatoms. The van der Waals surface area contributed by atoms with E-state index in [0.717, 1.165) is 16.2 Å². The van der Waals surface area contributed by atoms with Gasteiger partial charge in [-0.05, 0) is 35.9 Å². The van der Waals surface area contributed by atoms with Gasteiger partial charge in [0.15, 0.2) is 5.82 Å². The number of halogens is 2. The van der Waals surface area contributed by atoms with Gasteiger partial charge in [-0.15, -0.1) is 10.2 Å². The molecular formula is C18H16BrFN6O2S. The molecule has 4 N–H and O–H groups in total. The maximum Gasteiger partial charge on any atom is 0.269 e. The smallest absolute Gasteiger partial charge is 0.269 e. The van der Waals surface area contributed by atoms with Crippen molar-refractivity contribution in [1.82, 2.24) is 25.7 Å². The zero-order valence-electron chi connectivity index (χ0n) is 14.9. The average Bonchev–Trinajstić information content (AvgIpc) is 3.06. The van der Waals surface area contributed by atoms with E-state index in [1.165, 1.54) is 10.7 Å². The van der Waals surface area contributed by atoms with E-state index in [9.17, 15) is 14.0 Å². The van der Waals surface area contributed by atoms with Crippen LogP contribution in [0.3, 0.4) is 0 Å². The predicted molar refractivity (Wildman–Crippen MR) is 110 cm³/mol. The number of carbonyl (C=O) groups excluding carboxylic acids is 2. The molecule has 0 radical (unpaired) electrons. The fraction of sp³-hybridized carbons (Fsp3) is 0.111. The summed E-state index contributed by atoms with van der Waals surface area (Å²) in [6.45, 7) is 0. The number of carbonyl (C=O) groups is 2. The lowest BCUT2D eigenvalue weighted by molar-refractivity contribution is -0.119. The summed E-state index contributed by atoms with van der Waals surface area (Å²) in [5, 5.41) is 8.16. The molecule has 2 aromatic carbocycles. The second-order valence-corrected chi connectivity index (χ2v) is 7.69. The molecular weight excluding hydrogens is 463 g/mol. The molecule has 150 valence electrons. The van der Waals surface area contributed by atoms with Crippen molar-refractivity contribution in [3.63, 3.8) is 0 Å². The van der Waals surface area contributed by atoms with Gasteiger partial charge < -0.3 is 5.84 Å². The summed E-state index contributed by atoms with van der Waals surface area (Å²) in [4.78, 5) is 23.9. The Morgan fingerprint density at radius 3 is 2.55 bits per heavy atom. The van der Waals surface area contributed by atoms with Crippen molar-refractivity contribution in [2.24, 2.45) is 0 Å². The molecule has 0 saturated heterocycles. The van der Waals surface area contributed by atoms with Crippen molar-refractivity contribution in [3.05, 3.63) is 75.8 Å². The Morgan fingerprint density at radius 2 is 1.83 bits per heavy atom. The third-order valence-electron chi connectivity index (χ3n) is 3.80. The minimum absolute atomic E-state index is 0.0460. The van der Waals surface area contributed by atoms with Gasteiger partial charge in [-0.2, -0.15) is 0 Å². The first-order chi connectivity index (χ1) is 13.9. The number of nitrogens with zero attached hydrogens (tertiary/aromatic N) is 3. The summed E-state index contributed by atoms with van der Waals surface area (Å²) in [5.41, 5.74) is 5.50. The van der Waals surface area contributed by atoms with Gasteiger partial charge in [-0.25, -0.2) is 9.07 Å². The van der Waals surface area contributed by atoms with Crippen LogP contribution in [0.4, 0.5) is 4.39 Å². The van der Waals surface area contributed by atoms with E-state index >= 15 is 0 Å². The number of aromatic nitrogens is 3. The first kappa shape index (κ1) is 20.8. The SMILES string of the molecule is Nn1c(Cc2ccccc2F)nnc1SCC(=O)NNC(=O)c1ccc(Br)cc1. The number of benzene rings is 2. The van der Waals surface area contributed by atoms with Crippen LogP contribution in [-0.4, -0.2) is 32.4 Å². The van der Waals surface area contributed by atoms with E-state index in [4.69, 9.17) is 5.84 Å². The van der Waals surface area contributed by atoms with Crippen LogP contribution >= 0.6 is 27.7 Å². The minimum atomic E-state index is -0.445. The number of hydrazine groups is 1. The van der Waals surface area contributed by atoms with E-state index in [2.05, 4.69) is 37.0 Å². The fourth-order valence-corrected chi connectivity index (χ4v) is 3.24. The highest BCUT2D eigenvalue weighted by Gasteiger charge is 2.14. The van der Waals surface area contributed by atoms with E-state index in [1.807, 2.05) is 0 Å². The molecule has 0 bridgehead atoms. The summed E-state index contributed by atoms with van der Waals surface area (Å²) < 4.78 is 15.8. The highest BCUT2D eigenvalue weighted by molar-refractivity contribution is 9.10. The van der Waals surface area contributed by atoms with Crippen LogP contribution < -0.4 is 16.7 Å². The molecule has 0 fully saturated rings. The standard InChI is InChI=1S/C18H16BrFN6O2S/c19-13-7-5-11(6-8-13)17(28)24-23-16(27)10-29-18-25-22-15(26(18)21)9-12-3-1-2-4-14(12)20/h1-8H,9-10,21H2,(H,23,27)(H,24,28).